The second kappa shape index (κ2) is 16.1. The summed E-state index contributed by atoms with van der Waals surface area (Å²) in [6.45, 7) is 9.27. The first kappa shape index (κ1) is 42.5. The maximum absolute atomic E-state index is 14.2. The van der Waals surface area contributed by atoms with E-state index in [-0.39, 0.29) is 70.0 Å². The number of Topliss-reactive ketones (excluding diaryl/α,β-unsaturated/α-hetero) is 2. The molecule has 7 N–H and O–H groups in total. The zero-order valence-electron chi connectivity index (χ0n) is 33.2. The zero-order valence-corrected chi connectivity index (χ0v) is 33.2. The van der Waals surface area contributed by atoms with Crippen molar-refractivity contribution in [1.82, 2.24) is 0 Å². The van der Waals surface area contributed by atoms with E-state index >= 15 is 0 Å². The summed E-state index contributed by atoms with van der Waals surface area (Å²) in [4.78, 5) is 40.1. The summed E-state index contributed by atoms with van der Waals surface area (Å²) in [7, 11) is 0. The van der Waals surface area contributed by atoms with Gasteiger partial charge in [-0.05, 0) is 86.4 Å². The Morgan fingerprint density at radius 1 is 0.821 bits per heavy atom. The second-order valence-electron chi connectivity index (χ2n) is 19.0. The van der Waals surface area contributed by atoms with Crippen molar-refractivity contribution in [2.45, 2.75) is 166 Å². The molecule has 3 aliphatic heterocycles. The number of aliphatic hydroxyl groups excluding tert-OH is 7. The van der Waals surface area contributed by atoms with Crippen molar-refractivity contribution >= 4 is 17.5 Å². The van der Waals surface area contributed by atoms with Gasteiger partial charge in [0.1, 0.15) is 66.5 Å². The van der Waals surface area contributed by atoms with E-state index in [4.69, 9.17) is 23.7 Å². The molecule has 0 spiro atoms. The van der Waals surface area contributed by atoms with Crippen molar-refractivity contribution in [3.8, 4) is 0 Å². The molecule has 15 nitrogen and oxygen atoms in total. The van der Waals surface area contributed by atoms with E-state index in [2.05, 4.69) is 20.8 Å². The zero-order chi connectivity index (χ0) is 40.6. The van der Waals surface area contributed by atoms with Gasteiger partial charge in [-0.15, -0.1) is 0 Å². The highest BCUT2D eigenvalue weighted by Crippen LogP contribution is 2.68. The number of carbonyl (C=O) groups excluding carboxylic acids is 3. The maximum atomic E-state index is 14.2. The van der Waals surface area contributed by atoms with Crippen LogP contribution in [0.2, 0.25) is 0 Å². The predicted octanol–water partition coefficient (Wildman–Crippen LogP) is 0.627. The highest BCUT2D eigenvalue weighted by atomic mass is 16.7. The van der Waals surface area contributed by atoms with Gasteiger partial charge in [0.15, 0.2) is 12.6 Å². The molecule has 0 aromatic rings. The van der Waals surface area contributed by atoms with Gasteiger partial charge < -0.3 is 59.4 Å². The first-order chi connectivity index (χ1) is 26.4. The SMILES string of the molecule is C[C@H](C(=O)C[C@H]1[C@@H](C)OC(=O)[C@@H]1C)[C@H]1CC[C@H]2[C@@H]3CC(=O)[C@H]4C[C@@H](O[C@@H]5O[C@H](CO[C@H]6O[C@H](CO)[C@@H](O)[C@H](O)[C@@H]6O)[C@@H](O)[C@@H](O)[C@@H]5O)CC[C@]4(C)[C@@H]3CC[C@]12C. The fourth-order valence-electron chi connectivity index (χ4n) is 12.7. The summed E-state index contributed by atoms with van der Waals surface area (Å²) in [5.74, 6) is 0.539. The molecule has 7 aliphatic rings. The van der Waals surface area contributed by atoms with Crippen molar-refractivity contribution < 1.29 is 73.8 Å². The van der Waals surface area contributed by atoms with Gasteiger partial charge in [0, 0.05) is 30.6 Å². The van der Waals surface area contributed by atoms with Gasteiger partial charge in [-0.1, -0.05) is 27.7 Å². The summed E-state index contributed by atoms with van der Waals surface area (Å²) in [5.41, 5.74) is -0.298. The molecule has 318 valence electrons. The number of aliphatic hydroxyl groups is 7. The number of ketones is 2. The Kier molecular flexibility index (Phi) is 12.2. The van der Waals surface area contributed by atoms with E-state index in [1.807, 2.05) is 13.8 Å². The van der Waals surface area contributed by atoms with Crippen LogP contribution in [0.15, 0.2) is 0 Å². The number of cyclic esters (lactones) is 1. The highest BCUT2D eigenvalue weighted by molar-refractivity contribution is 5.84. The van der Waals surface area contributed by atoms with Crippen molar-refractivity contribution in [3.05, 3.63) is 0 Å². The molecule has 7 fully saturated rings. The largest absolute Gasteiger partial charge is 0.462 e. The van der Waals surface area contributed by atoms with Crippen LogP contribution < -0.4 is 0 Å². The number of carbonyl (C=O) groups is 3. The van der Waals surface area contributed by atoms with E-state index in [1.54, 1.807) is 0 Å². The van der Waals surface area contributed by atoms with Crippen LogP contribution in [0.5, 0.6) is 0 Å². The summed E-state index contributed by atoms with van der Waals surface area (Å²) >= 11 is 0. The summed E-state index contributed by atoms with van der Waals surface area (Å²) in [5, 5.41) is 72.4. The maximum Gasteiger partial charge on any atom is 0.309 e. The molecule has 22 atom stereocenters. The van der Waals surface area contributed by atoms with E-state index in [0.717, 1.165) is 32.1 Å². The Bertz CT molecular complexity index is 1460. The lowest BCUT2D eigenvalue weighted by molar-refractivity contribution is -0.337. The fraction of sp³-hybridized carbons (Fsp3) is 0.927. The standard InChI is InChI=1S/C41H64O15/c1-17-21(19(3)53-37(17)51)13-27(43)18(2)23-6-7-24-22-14-28(44)26-12-20(8-10-41(26,5)25(22)9-11-40(23,24)4)54-39-36(50)34(48)32(46)30(56-39)16-52-38-35(49)33(47)31(45)29(15-42)55-38/h17-26,29-36,38-39,42,45-50H,6-16H2,1-5H3/t17-,18+,19-,20+,21-,22+,23-,24+,25-,26-,29-,30-,31-,32-,33+,34-,35+,36+,38+,39-,40-,41-/m1/s1. The number of ether oxygens (including phenoxy) is 5. The number of rotatable bonds is 10. The lowest BCUT2D eigenvalue weighted by atomic mass is 9.44. The Labute approximate surface area is 328 Å². The number of hydrogen-bond acceptors (Lipinski definition) is 15. The number of fused-ring (bicyclic) bond motifs is 5. The molecule has 3 heterocycles. The van der Waals surface area contributed by atoms with Gasteiger partial charge >= 0.3 is 5.97 Å². The molecule has 0 aromatic carbocycles. The molecule has 4 saturated carbocycles. The Hall–Kier alpha value is -1.63. The van der Waals surface area contributed by atoms with E-state index in [1.165, 1.54) is 0 Å². The van der Waals surface area contributed by atoms with Crippen LogP contribution in [-0.2, 0) is 38.1 Å². The topological polar surface area (TPSA) is 239 Å². The molecular formula is C41H64O15. The molecule has 3 saturated heterocycles. The lowest BCUT2D eigenvalue weighted by Gasteiger charge is -2.60. The van der Waals surface area contributed by atoms with Gasteiger partial charge in [0.05, 0.1) is 25.2 Å². The Morgan fingerprint density at radius 2 is 1.45 bits per heavy atom. The average Bonchev–Trinajstić information content (AvgIpc) is 3.64. The fourth-order valence-corrected chi connectivity index (χ4v) is 12.7. The van der Waals surface area contributed by atoms with Crippen LogP contribution >= 0.6 is 0 Å². The van der Waals surface area contributed by atoms with Crippen molar-refractivity contribution in [2.24, 2.45) is 58.2 Å². The third-order valence-electron chi connectivity index (χ3n) is 16.2. The first-order valence-corrected chi connectivity index (χ1v) is 20.9. The van der Waals surface area contributed by atoms with Crippen LogP contribution in [0, 0.1) is 58.2 Å². The normalized spacial score (nSPS) is 52.5. The molecule has 0 unspecified atom stereocenters. The minimum atomic E-state index is -1.68. The minimum Gasteiger partial charge on any atom is -0.462 e. The van der Waals surface area contributed by atoms with Gasteiger partial charge in [0.25, 0.3) is 0 Å². The van der Waals surface area contributed by atoms with Crippen molar-refractivity contribution in [3.63, 3.8) is 0 Å². The minimum absolute atomic E-state index is 0.0534. The van der Waals surface area contributed by atoms with E-state index in [9.17, 15) is 50.1 Å². The van der Waals surface area contributed by atoms with Crippen LogP contribution in [-0.4, -0.2) is 140 Å². The van der Waals surface area contributed by atoms with Crippen molar-refractivity contribution in [1.29, 1.82) is 0 Å². The molecule has 0 amide bonds. The molecule has 4 aliphatic carbocycles. The van der Waals surface area contributed by atoms with Crippen LogP contribution in [0.3, 0.4) is 0 Å². The third-order valence-corrected chi connectivity index (χ3v) is 16.2. The predicted molar refractivity (Wildman–Crippen MR) is 194 cm³/mol. The number of hydrogen-bond donors (Lipinski definition) is 7. The first-order valence-electron chi connectivity index (χ1n) is 20.9. The molecule has 7 rings (SSSR count). The molecule has 56 heavy (non-hydrogen) atoms. The van der Waals surface area contributed by atoms with Gasteiger partial charge in [-0.2, -0.15) is 0 Å². The van der Waals surface area contributed by atoms with Crippen LogP contribution in [0.4, 0.5) is 0 Å². The quantitative estimate of drug-likeness (QED) is 0.119. The molecule has 0 aromatic heterocycles. The second-order valence-corrected chi connectivity index (χ2v) is 19.0. The van der Waals surface area contributed by atoms with Gasteiger partial charge in [-0.3, -0.25) is 14.4 Å². The van der Waals surface area contributed by atoms with Crippen LogP contribution in [0.25, 0.3) is 0 Å². The smallest absolute Gasteiger partial charge is 0.309 e. The Balaban J connectivity index is 0.969. The summed E-state index contributed by atoms with van der Waals surface area (Å²) in [6.07, 6.45) is -9.32. The molecular weight excluding hydrogens is 732 g/mol. The molecule has 15 heteroatoms. The van der Waals surface area contributed by atoms with E-state index < -0.39 is 80.7 Å². The van der Waals surface area contributed by atoms with Crippen LogP contribution in [0.1, 0.15) is 92.4 Å². The Morgan fingerprint density at radius 3 is 2.11 bits per heavy atom. The molecule has 0 bridgehead atoms. The van der Waals surface area contributed by atoms with E-state index in [0.29, 0.717) is 37.5 Å². The van der Waals surface area contributed by atoms with Gasteiger partial charge in [0.2, 0.25) is 0 Å². The van der Waals surface area contributed by atoms with Crippen molar-refractivity contribution in [2.75, 3.05) is 13.2 Å². The van der Waals surface area contributed by atoms with Gasteiger partial charge in [-0.25, -0.2) is 0 Å². The summed E-state index contributed by atoms with van der Waals surface area (Å²) < 4.78 is 28.5. The average molecular weight is 797 g/mol. The monoisotopic (exact) mass is 796 g/mol. The number of esters is 1. The third kappa shape index (κ3) is 7.22. The summed E-state index contributed by atoms with van der Waals surface area (Å²) in [6, 6.07) is 0. The highest BCUT2D eigenvalue weighted by Gasteiger charge is 2.63. The molecule has 0 radical (unpaired) electrons. The lowest BCUT2D eigenvalue weighted by Crippen LogP contribution is -2.62.